The summed E-state index contributed by atoms with van der Waals surface area (Å²) in [4.78, 5) is 0. The molecule has 0 radical (unpaired) electrons. The van der Waals surface area contributed by atoms with Gasteiger partial charge in [-0.05, 0) is 25.7 Å². The van der Waals surface area contributed by atoms with Crippen LogP contribution in [0.15, 0.2) is 0 Å². The van der Waals surface area contributed by atoms with E-state index in [1.165, 1.54) is 141 Å². The van der Waals surface area contributed by atoms with Crippen molar-refractivity contribution in [3.05, 3.63) is 0 Å². The SMILES string of the molecule is C1CCCCCCCCCCC2CCC(CCCCCCCCC1)N2. The second kappa shape index (κ2) is 15.1. The molecule has 1 heteroatoms. The number of nitrogens with one attached hydrogen (secondary N) is 1. The zero-order valence-electron chi connectivity index (χ0n) is 17.2. The van der Waals surface area contributed by atoms with Crippen LogP contribution in [0.25, 0.3) is 0 Å². The van der Waals surface area contributed by atoms with E-state index in [4.69, 9.17) is 0 Å². The molecule has 25 heavy (non-hydrogen) atoms. The molecule has 2 heterocycles. The van der Waals surface area contributed by atoms with Gasteiger partial charge in [-0.15, -0.1) is 0 Å². The average molecular weight is 350 g/mol. The Morgan fingerprint density at radius 3 is 0.800 bits per heavy atom. The van der Waals surface area contributed by atoms with Crippen molar-refractivity contribution in [1.82, 2.24) is 5.32 Å². The molecule has 2 aliphatic heterocycles. The molecule has 2 rings (SSSR count). The maximum Gasteiger partial charge on any atom is 0.00702 e. The molecule has 0 aromatic heterocycles. The van der Waals surface area contributed by atoms with Crippen molar-refractivity contribution in [3.63, 3.8) is 0 Å². The fourth-order valence-electron chi connectivity index (χ4n) is 4.97. The van der Waals surface area contributed by atoms with Crippen LogP contribution in [0.3, 0.4) is 0 Å². The Labute approximate surface area is 159 Å². The van der Waals surface area contributed by atoms with Crippen molar-refractivity contribution in [3.8, 4) is 0 Å². The van der Waals surface area contributed by atoms with Crippen LogP contribution in [0, 0.1) is 0 Å². The van der Waals surface area contributed by atoms with Gasteiger partial charge in [0, 0.05) is 12.1 Å². The number of hydrogen-bond donors (Lipinski definition) is 1. The summed E-state index contributed by atoms with van der Waals surface area (Å²) in [5.41, 5.74) is 0. The molecule has 1 nitrogen and oxygen atoms in total. The molecule has 2 unspecified atom stereocenters. The Balaban J connectivity index is 1.56. The van der Waals surface area contributed by atoms with Crippen LogP contribution in [-0.4, -0.2) is 12.1 Å². The fourth-order valence-corrected chi connectivity index (χ4v) is 4.97. The molecular formula is C24H47N. The highest BCUT2D eigenvalue weighted by Gasteiger charge is 2.22. The molecule has 0 aromatic carbocycles. The second-order valence-electron chi connectivity index (χ2n) is 9.08. The normalized spacial score (nSPS) is 30.7. The third kappa shape index (κ3) is 11.3. The topological polar surface area (TPSA) is 12.0 Å². The lowest BCUT2D eigenvalue weighted by Crippen LogP contribution is -2.29. The fraction of sp³-hybridized carbons (Fsp3) is 1.00. The molecule has 0 saturated carbocycles. The largest absolute Gasteiger partial charge is 0.311 e. The highest BCUT2D eigenvalue weighted by Crippen LogP contribution is 2.22. The van der Waals surface area contributed by atoms with E-state index in [2.05, 4.69) is 5.32 Å². The van der Waals surface area contributed by atoms with Crippen molar-refractivity contribution in [2.45, 2.75) is 153 Å². The molecule has 1 N–H and O–H groups in total. The molecule has 0 amide bonds. The number of hydrogen-bond acceptors (Lipinski definition) is 1. The highest BCUT2D eigenvalue weighted by molar-refractivity contribution is 4.83. The first-order valence-electron chi connectivity index (χ1n) is 12.2. The molecule has 0 aromatic rings. The summed E-state index contributed by atoms with van der Waals surface area (Å²) < 4.78 is 0. The van der Waals surface area contributed by atoms with Gasteiger partial charge in [-0.25, -0.2) is 0 Å². The van der Waals surface area contributed by atoms with Crippen molar-refractivity contribution < 1.29 is 0 Å². The van der Waals surface area contributed by atoms with Crippen LogP contribution in [0.5, 0.6) is 0 Å². The van der Waals surface area contributed by atoms with Gasteiger partial charge in [0.25, 0.3) is 0 Å². The summed E-state index contributed by atoms with van der Waals surface area (Å²) in [6.45, 7) is 0. The Kier molecular flexibility index (Phi) is 12.8. The number of rotatable bonds is 0. The van der Waals surface area contributed by atoms with Crippen molar-refractivity contribution in [2.75, 3.05) is 0 Å². The lowest BCUT2D eigenvalue weighted by Gasteiger charge is -2.14. The Bertz CT molecular complexity index is 260. The first-order valence-corrected chi connectivity index (χ1v) is 12.2. The van der Waals surface area contributed by atoms with E-state index in [1.54, 1.807) is 0 Å². The number of fused-ring (bicyclic) bond motifs is 2. The van der Waals surface area contributed by atoms with Gasteiger partial charge in [0.2, 0.25) is 0 Å². The Morgan fingerprint density at radius 2 is 0.520 bits per heavy atom. The third-order valence-electron chi connectivity index (χ3n) is 6.69. The molecular weight excluding hydrogens is 302 g/mol. The van der Waals surface area contributed by atoms with Crippen molar-refractivity contribution >= 4 is 0 Å². The summed E-state index contributed by atoms with van der Waals surface area (Å²) in [6.07, 6.45) is 32.5. The van der Waals surface area contributed by atoms with E-state index in [0.29, 0.717) is 0 Å². The summed E-state index contributed by atoms with van der Waals surface area (Å²) in [5.74, 6) is 0. The molecule has 2 fully saturated rings. The van der Waals surface area contributed by atoms with Gasteiger partial charge in [-0.2, -0.15) is 0 Å². The van der Waals surface area contributed by atoms with Crippen LogP contribution in [0.4, 0.5) is 0 Å². The molecule has 2 aliphatic rings. The van der Waals surface area contributed by atoms with Gasteiger partial charge in [0.05, 0.1) is 0 Å². The van der Waals surface area contributed by atoms with Gasteiger partial charge in [-0.1, -0.05) is 116 Å². The second-order valence-corrected chi connectivity index (χ2v) is 9.08. The van der Waals surface area contributed by atoms with Crippen LogP contribution in [-0.2, 0) is 0 Å². The predicted octanol–water partition coefficient (Wildman–Crippen LogP) is 7.92. The lowest BCUT2D eigenvalue weighted by molar-refractivity contribution is 0.452. The van der Waals surface area contributed by atoms with Crippen molar-refractivity contribution in [1.29, 1.82) is 0 Å². The van der Waals surface area contributed by atoms with Crippen LogP contribution < -0.4 is 5.32 Å². The average Bonchev–Trinajstić information content (AvgIpc) is 3.07. The van der Waals surface area contributed by atoms with Gasteiger partial charge >= 0.3 is 0 Å². The summed E-state index contributed by atoms with van der Waals surface area (Å²) in [7, 11) is 0. The molecule has 0 aliphatic carbocycles. The molecule has 2 saturated heterocycles. The van der Waals surface area contributed by atoms with Crippen molar-refractivity contribution in [2.24, 2.45) is 0 Å². The van der Waals surface area contributed by atoms with E-state index in [9.17, 15) is 0 Å². The maximum absolute atomic E-state index is 3.94. The molecule has 0 spiro atoms. The minimum Gasteiger partial charge on any atom is -0.311 e. The first kappa shape index (κ1) is 21.3. The van der Waals surface area contributed by atoms with E-state index >= 15 is 0 Å². The van der Waals surface area contributed by atoms with Gasteiger partial charge in [-0.3, -0.25) is 0 Å². The zero-order chi connectivity index (χ0) is 17.4. The molecule has 148 valence electrons. The van der Waals surface area contributed by atoms with Crippen LogP contribution in [0.2, 0.25) is 0 Å². The summed E-state index contributed by atoms with van der Waals surface area (Å²) in [5, 5.41) is 3.94. The monoisotopic (exact) mass is 349 g/mol. The minimum atomic E-state index is 0.853. The molecule has 2 bridgehead atoms. The van der Waals surface area contributed by atoms with Gasteiger partial charge < -0.3 is 5.32 Å². The van der Waals surface area contributed by atoms with Crippen LogP contribution >= 0.6 is 0 Å². The lowest BCUT2D eigenvalue weighted by atomic mass is 10.0. The first-order chi connectivity index (χ1) is 12.4. The van der Waals surface area contributed by atoms with E-state index in [1.807, 2.05) is 0 Å². The highest BCUT2D eigenvalue weighted by atomic mass is 15.0. The van der Waals surface area contributed by atoms with E-state index < -0.39 is 0 Å². The smallest absolute Gasteiger partial charge is 0.00702 e. The van der Waals surface area contributed by atoms with Gasteiger partial charge in [0.15, 0.2) is 0 Å². The summed E-state index contributed by atoms with van der Waals surface area (Å²) in [6, 6.07) is 1.71. The van der Waals surface area contributed by atoms with Gasteiger partial charge in [0.1, 0.15) is 0 Å². The Morgan fingerprint density at radius 1 is 0.280 bits per heavy atom. The van der Waals surface area contributed by atoms with E-state index in [-0.39, 0.29) is 0 Å². The predicted molar refractivity (Wildman–Crippen MR) is 112 cm³/mol. The molecule has 2 atom stereocenters. The standard InChI is InChI=1S/C24H47N/c1-2-4-6-8-10-12-14-16-18-20-24-22-21-23(25-24)19-17-15-13-11-9-7-5-3-1/h23-25H,1-22H2. The van der Waals surface area contributed by atoms with E-state index in [0.717, 1.165) is 12.1 Å². The van der Waals surface area contributed by atoms with Crippen LogP contribution in [0.1, 0.15) is 141 Å². The Hall–Kier alpha value is -0.0400. The zero-order valence-corrected chi connectivity index (χ0v) is 17.2. The third-order valence-corrected chi connectivity index (χ3v) is 6.69. The summed E-state index contributed by atoms with van der Waals surface area (Å²) >= 11 is 0. The minimum absolute atomic E-state index is 0.853. The quantitative estimate of drug-likeness (QED) is 0.468. The maximum atomic E-state index is 3.94.